The third-order valence-corrected chi connectivity index (χ3v) is 1.15. The molecule has 0 saturated heterocycles. The molecule has 0 atom stereocenters. The van der Waals surface area contributed by atoms with Crippen LogP contribution in [0.2, 0.25) is 0 Å². The first-order valence-electron chi connectivity index (χ1n) is 4.00. The van der Waals surface area contributed by atoms with Gasteiger partial charge in [0.15, 0.2) is 0 Å². The van der Waals surface area contributed by atoms with Crippen molar-refractivity contribution in [3.05, 3.63) is 0 Å². The van der Waals surface area contributed by atoms with Crippen molar-refractivity contribution >= 4 is 6.47 Å². The summed E-state index contributed by atoms with van der Waals surface area (Å²) in [5.41, 5.74) is 5.27. The molecule has 0 rings (SSSR count). The average molecular weight is 161 g/mol. The molecule has 0 aliphatic rings. The number of rotatable bonds is 5. The molecule has 68 valence electrons. The first kappa shape index (κ1) is 13.1. The summed E-state index contributed by atoms with van der Waals surface area (Å²) in [5, 5.41) is 0. The molecule has 0 aliphatic carbocycles. The third kappa shape index (κ3) is 26.5. The molecule has 0 saturated carbocycles. The minimum atomic E-state index is 0.375. The van der Waals surface area contributed by atoms with Gasteiger partial charge in [0.2, 0.25) is 0 Å². The van der Waals surface area contributed by atoms with E-state index in [1.165, 1.54) is 32.8 Å². The summed E-state index contributed by atoms with van der Waals surface area (Å²) in [6, 6.07) is 0. The molecule has 0 unspecified atom stereocenters. The van der Waals surface area contributed by atoms with Crippen LogP contribution in [0.4, 0.5) is 0 Å². The molecule has 0 radical (unpaired) electrons. The van der Waals surface area contributed by atoms with Crippen molar-refractivity contribution in [2.75, 3.05) is 13.7 Å². The topological polar surface area (TPSA) is 52.3 Å². The number of hydrogen-bond acceptors (Lipinski definition) is 3. The van der Waals surface area contributed by atoms with E-state index in [-0.39, 0.29) is 0 Å². The van der Waals surface area contributed by atoms with Crippen molar-refractivity contribution in [3.8, 4) is 0 Å². The summed E-state index contributed by atoms with van der Waals surface area (Å²) in [5.74, 6) is 0. The van der Waals surface area contributed by atoms with E-state index in [0.29, 0.717) is 6.47 Å². The SMILES string of the molecule is CCCCCCN.COC=O. The van der Waals surface area contributed by atoms with Gasteiger partial charge < -0.3 is 10.5 Å². The summed E-state index contributed by atoms with van der Waals surface area (Å²) in [4.78, 5) is 8.95. The highest BCUT2D eigenvalue weighted by Gasteiger charge is 1.80. The predicted octanol–water partition coefficient (Wildman–Crippen LogP) is 1.31. The van der Waals surface area contributed by atoms with Gasteiger partial charge in [-0.25, -0.2) is 0 Å². The summed E-state index contributed by atoms with van der Waals surface area (Å²) in [7, 11) is 1.31. The first-order valence-corrected chi connectivity index (χ1v) is 4.00. The summed E-state index contributed by atoms with van der Waals surface area (Å²) in [6.07, 6.45) is 5.16. The van der Waals surface area contributed by atoms with Crippen molar-refractivity contribution < 1.29 is 9.53 Å². The summed E-state index contributed by atoms with van der Waals surface area (Å²) < 4.78 is 3.86. The number of ether oxygens (including phenoxy) is 1. The Labute approximate surface area is 68.9 Å². The molecule has 0 aliphatic heterocycles. The molecule has 0 bridgehead atoms. The zero-order valence-corrected chi connectivity index (χ0v) is 7.51. The van der Waals surface area contributed by atoms with Gasteiger partial charge in [0.05, 0.1) is 7.11 Å². The van der Waals surface area contributed by atoms with Gasteiger partial charge in [-0.1, -0.05) is 26.2 Å². The Hall–Kier alpha value is -0.570. The Balaban J connectivity index is 0. The van der Waals surface area contributed by atoms with Crippen LogP contribution < -0.4 is 5.73 Å². The monoisotopic (exact) mass is 161 g/mol. The van der Waals surface area contributed by atoms with Gasteiger partial charge in [-0.05, 0) is 13.0 Å². The van der Waals surface area contributed by atoms with Crippen LogP contribution in [0.5, 0.6) is 0 Å². The average Bonchev–Trinajstić information content (AvgIpc) is 2.06. The molecule has 0 aromatic heterocycles. The highest BCUT2D eigenvalue weighted by Crippen LogP contribution is 1.95. The lowest BCUT2D eigenvalue weighted by atomic mass is 10.2. The Kier molecular flexibility index (Phi) is 19.2. The quantitative estimate of drug-likeness (QED) is 0.488. The normalized spacial score (nSPS) is 7.91. The molecule has 2 N–H and O–H groups in total. The molecule has 3 nitrogen and oxygen atoms in total. The van der Waals surface area contributed by atoms with E-state index >= 15 is 0 Å². The van der Waals surface area contributed by atoms with Gasteiger partial charge >= 0.3 is 0 Å². The van der Waals surface area contributed by atoms with E-state index < -0.39 is 0 Å². The van der Waals surface area contributed by atoms with Gasteiger partial charge in [0.1, 0.15) is 0 Å². The van der Waals surface area contributed by atoms with Crippen molar-refractivity contribution in [2.24, 2.45) is 5.73 Å². The maximum absolute atomic E-state index is 8.95. The molecule has 0 amide bonds. The van der Waals surface area contributed by atoms with Crippen molar-refractivity contribution in [1.29, 1.82) is 0 Å². The van der Waals surface area contributed by atoms with Crippen LogP contribution in [-0.2, 0) is 9.53 Å². The molecular formula is C8H19NO2. The number of carbonyl (C=O) groups is 1. The largest absolute Gasteiger partial charge is 0.471 e. The highest BCUT2D eigenvalue weighted by molar-refractivity contribution is 5.36. The van der Waals surface area contributed by atoms with Crippen LogP contribution >= 0.6 is 0 Å². The van der Waals surface area contributed by atoms with Gasteiger partial charge in [-0.2, -0.15) is 0 Å². The minimum absolute atomic E-state index is 0.375. The molecule has 0 fully saturated rings. The van der Waals surface area contributed by atoms with E-state index in [2.05, 4.69) is 11.7 Å². The molecule has 0 aromatic carbocycles. The lowest BCUT2D eigenvalue weighted by molar-refractivity contribution is -0.126. The second-order valence-electron chi connectivity index (χ2n) is 2.18. The standard InChI is InChI=1S/C6H15N.C2H4O2/c1-2-3-4-5-6-7;1-4-2-3/h2-7H2,1H3;2H,1H3. The first-order chi connectivity index (χ1) is 5.33. The summed E-state index contributed by atoms with van der Waals surface area (Å²) in [6.45, 7) is 3.44. The van der Waals surface area contributed by atoms with Crippen molar-refractivity contribution in [2.45, 2.75) is 32.6 Å². The maximum atomic E-state index is 8.95. The number of methoxy groups -OCH3 is 1. The molecular weight excluding hydrogens is 142 g/mol. The number of unbranched alkanes of at least 4 members (excludes halogenated alkanes) is 3. The van der Waals surface area contributed by atoms with Crippen molar-refractivity contribution in [3.63, 3.8) is 0 Å². The van der Waals surface area contributed by atoms with Crippen LogP contribution in [-0.4, -0.2) is 20.1 Å². The van der Waals surface area contributed by atoms with E-state index in [4.69, 9.17) is 10.5 Å². The van der Waals surface area contributed by atoms with Gasteiger partial charge in [-0.15, -0.1) is 0 Å². The van der Waals surface area contributed by atoms with Crippen LogP contribution in [0.1, 0.15) is 32.6 Å². The molecule has 0 aromatic rings. The Morgan fingerprint density at radius 3 is 2.18 bits per heavy atom. The van der Waals surface area contributed by atoms with Crippen LogP contribution in [0.15, 0.2) is 0 Å². The van der Waals surface area contributed by atoms with Crippen molar-refractivity contribution in [1.82, 2.24) is 0 Å². The Morgan fingerprint density at radius 1 is 1.36 bits per heavy atom. The zero-order valence-electron chi connectivity index (χ0n) is 7.51. The molecule has 11 heavy (non-hydrogen) atoms. The number of hydrogen-bond donors (Lipinski definition) is 1. The minimum Gasteiger partial charge on any atom is -0.471 e. The number of carbonyl (C=O) groups excluding carboxylic acids is 1. The molecule has 0 heterocycles. The van der Waals surface area contributed by atoms with E-state index in [1.807, 2.05) is 0 Å². The van der Waals surface area contributed by atoms with Crippen LogP contribution in [0, 0.1) is 0 Å². The Bertz CT molecular complexity index is 63.1. The predicted molar refractivity (Wildman–Crippen MR) is 46.3 cm³/mol. The van der Waals surface area contributed by atoms with Gasteiger partial charge in [0, 0.05) is 0 Å². The van der Waals surface area contributed by atoms with E-state index in [9.17, 15) is 0 Å². The van der Waals surface area contributed by atoms with Crippen LogP contribution in [0.3, 0.4) is 0 Å². The van der Waals surface area contributed by atoms with E-state index in [0.717, 1.165) is 6.54 Å². The molecule has 3 heteroatoms. The fourth-order valence-corrected chi connectivity index (χ4v) is 0.571. The number of nitrogens with two attached hydrogens (primary N) is 1. The smallest absolute Gasteiger partial charge is 0.292 e. The fourth-order valence-electron chi connectivity index (χ4n) is 0.571. The van der Waals surface area contributed by atoms with Crippen LogP contribution in [0.25, 0.3) is 0 Å². The van der Waals surface area contributed by atoms with Gasteiger partial charge in [0.25, 0.3) is 6.47 Å². The third-order valence-electron chi connectivity index (χ3n) is 1.15. The lowest BCUT2D eigenvalue weighted by Crippen LogP contribution is -1.97. The zero-order chi connectivity index (χ0) is 8.95. The Morgan fingerprint density at radius 2 is 1.91 bits per heavy atom. The fraction of sp³-hybridized carbons (Fsp3) is 0.875. The maximum Gasteiger partial charge on any atom is 0.292 e. The molecule has 0 spiro atoms. The lowest BCUT2D eigenvalue weighted by Gasteiger charge is -1.90. The van der Waals surface area contributed by atoms with E-state index in [1.54, 1.807) is 0 Å². The second kappa shape index (κ2) is 16.2. The highest BCUT2D eigenvalue weighted by atomic mass is 16.5. The van der Waals surface area contributed by atoms with Gasteiger partial charge in [-0.3, -0.25) is 4.79 Å². The second-order valence-corrected chi connectivity index (χ2v) is 2.18. The summed E-state index contributed by atoms with van der Waals surface area (Å²) >= 11 is 0.